The van der Waals surface area contributed by atoms with Crippen LogP contribution in [0.3, 0.4) is 0 Å². The molecule has 1 atom stereocenters. The molecule has 0 saturated carbocycles. The van der Waals surface area contributed by atoms with Crippen molar-refractivity contribution in [3.8, 4) is 5.75 Å². The summed E-state index contributed by atoms with van der Waals surface area (Å²) in [6.07, 6.45) is 3.49. The lowest BCUT2D eigenvalue weighted by atomic mass is 10.1. The van der Waals surface area contributed by atoms with Gasteiger partial charge in [0.2, 0.25) is 5.91 Å². The molecule has 1 aliphatic heterocycles. The van der Waals surface area contributed by atoms with Crippen LogP contribution < -0.4 is 10.9 Å². The predicted molar refractivity (Wildman–Crippen MR) is 112 cm³/mol. The van der Waals surface area contributed by atoms with Crippen molar-refractivity contribution < 1.29 is 14.7 Å². The number of hydrogen-bond donors (Lipinski definition) is 2. The molecule has 0 bridgehead atoms. The number of aromatic hydroxyl groups is 1. The predicted octanol–water partition coefficient (Wildman–Crippen LogP) is 2.43. The van der Waals surface area contributed by atoms with Gasteiger partial charge in [0, 0.05) is 37.7 Å². The van der Waals surface area contributed by atoms with Crippen LogP contribution in [0.15, 0.2) is 40.0 Å². The van der Waals surface area contributed by atoms with Gasteiger partial charge in [-0.05, 0) is 36.8 Å². The van der Waals surface area contributed by atoms with Crippen molar-refractivity contribution >= 4 is 23.6 Å². The summed E-state index contributed by atoms with van der Waals surface area (Å²) in [6, 6.07) is 8.96. The van der Waals surface area contributed by atoms with Gasteiger partial charge in [-0.25, -0.2) is 0 Å². The number of likely N-dealkylation sites (tertiary alicyclic amines) is 1. The Labute approximate surface area is 173 Å². The van der Waals surface area contributed by atoms with Gasteiger partial charge in [0.25, 0.3) is 11.5 Å². The zero-order valence-electron chi connectivity index (χ0n) is 16.8. The van der Waals surface area contributed by atoms with Crippen molar-refractivity contribution in [3.05, 3.63) is 57.5 Å². The maximum absolute atomic E-state index is 12.8. The highest BCUT2D eigenvalue weighted by atomic mass is 32.2. The molecule has 0 spiro atoms. The Morgan fingerprint density at radius 3 is 2.72 bits per heavy atom. The van der Waals surface area contributed by atoms with E-state index in [2.05, 4.69) is 5.32 Å². The fourth-order valence-electron chi connectivity index (χ4n) is 3.77. The fourth-order valence-corrected chi connectivity index (χ4v) is 4.39. The van der Waals surface area contributed by atoms with Crippen LogP contribution >= 0.6 is 11.8 Å². The Hall–Kier alpha value is -2.74. The summed E-state index contributed by atoms with van der Waals surface area (Å²) in [4.78, 5) is 40.0. The van der Waals surface area contributed by atoms with E-state index in [1.165, 1.54) is 17.6 Å². The molecule has 2 N–H and O–H groups in total. The molecule has 2 heterocycles. The normalized spacial score (nSPS) is 16.1. The molecule has 1 aliphatic rings. The van der Waals surface area contributed by atoms with Crippen molar-refractivity contribution in [2.24, 2.45) is 7.05 Å². The third kappa shape index (κ3) is 4.17. The van der Waals surface area contributed by atoms with Crippen LogP contribution in [0.2, 0.25) is 0 Å². The van der Waals surface area contributed by atoms with Crippen LogP contribution in [0.5, 0.6) is 5.75 Å². The van der Waals surface area contributed by atoms with E-state index < -0.39 is 17.2 Å². The Balaban J connectivity index is 1.91. The van der Waals surface area contributed by atoms with Crippen molar-refractivity contribution in [1.82, 2.24) is 14.8 Å². The first-order chi connectivity index (χ1) is 13.8. The number of carbonyl (C=O) groups is 2. The van der Waals surface area contributed by atoms with Crippen LogP contribution in [-0.4, -0.2) is 39.2 Å². The zero-order chi connectivity index (χ0) is 21.1. The fraction of sp³-hybridized carbons (Fsp3) is 0.381. The molecular weight excluding hydrogens is 390 g/mol. The van der Waals surface area contributed by atoms with E-state index in [0.717, 1.165) is 16.9 Å². The van der Waals surface area contributed by atoms with Crippen LogP contribution in [0, 0.1) is 0 Å². The van der Waals surface area contributed by atoms with Gasteiger partial charge in [-0.2, -0.15) is 0 Å². The Morgan fingerprint density at radius 2 is 2.03 bits per heavy atom. The van der Waals surface area contributed by atoms with Crippen LogP contribution in [0.4, 0.5) is 0 Å². The number of rotatable bonds is 5. The van der Waals surface area contributed by atoms with Crippen molar-refractivity contribution in [1.29, 1.82) is 0 Å². The van der Waals surface area contributed by atoms with Crippen molar-refractivity contribution in [2.75, 3.05) is 12.8 Å². The Kier molecular flexibility index (Phi) is 6.32. The van der Waals surface area contributed by atoms with Crippen LogP contribution in [0.1, 0.15) is 47.4 Å². The second-order valence-electron chi connectivity index (χ2n) is 7.06. The monoisotopic (exact) mass is 415 g/mol. The van der Waals surface area contributed by atoms with Crippen molar-refractivity contribution in [2.45, 2.75) is 37.2 Å². The SMILES string of the molecule is CSc1ccccc1CNC(=O)c1cc(C2CCCN2C(C)=O)n(C)c(=O)c1O. The number of hydrogen-bond acceptors (Lipinski definition) is 5. The molecular formula is C21H25N3O4S. The third-order valence-corrected chi connectivity index (χ3v) is 6.16. The maximum Gasteiger partial charge on any atom is 0.293 e. The first kappa shape index (κ1) is 21.0. The lowest BCUT2D eigenvalue weighted by Crippen LogP contribution is -2.34. The van der Waals surface area contributed by atoms with E-state index in [4.69, 9.17) is 0 Å². The molecule has 2 aromatic rings. The van der Waals surface area contributed by atoms with Gasteiger partial charge in [-0.3, -0.25) is 14.4 Å². The number of amides is 2. The highest BCUT2D eigenvalue weighted by Gasteiger charge is 2.31. The average Bonchev–Trinajstić information content (AvgIpc) is 3.20. The van der Waals surface area contributed by atoms with Gasteiger partial charge in [-0.15, -0.1) is 11.8 Å². The van der Waals surface area contributed by atoms with E-state index >= 15 is 0 Å². The minimum Gasteiger partial charge on any atom is -0.502 e. The van der Waals surface area contributed by atoms with E-state index in [9.17, 15) is 19.5 Å². The summed E-state index contributed by atoms with van der Waals surface area (Å²) >= 11 is 1.58. The molecule has 0 aliphatic carbocycles. The summed E-state index contributed by atoms with van der Waals surface area (Å²) in [5.74, 6) is -1.18. The van der Waals surface area contributed by atoms with Gasteiger partial charge in [-0.1, -0.05) is 18.2 Å². The molecule has 2 amide bonds. The number of nitrogens with one attached hydrogen (secondary N) is 1. The molecule has 3 rings (SSSR count). The first-order valence-electron chi connectivity index (χ1n) is 9.45. The van der Waals surface area contributed by atoms with E-state index in [1.54, 1.807) is 23.7 Å². The molecule has 1 fully saturated rings. The van der Waals surface area contributed by atoms with Gasteiger partial charge >= 0.3 is 0 Å². The van der Waals surface area contributed by atoms with Gasteiger partial charge in [0.15, 0.2) is 5.75 Å². The summed E-state index contributed by atoms with van der Waals surface area (Å²) in [7, 11) is 1.55. The highest BCUT2D eigenvalue weighted by Crippen LogP contribution is 2.32. The molecule has 0 radical (unpaired) electrons. The minimum absolute atomic E-state index is 0.0693. The molecule has 29 heavy (non-hydrogen) atoms. The van der Waals surface area contributed by atoms with Crippen LogP contribution in [-0.2, 0) is 18.4 Å². The average molecular weight is 416 g/mol. The summed E-state index contributed by atoms with van der Waals surface area (Å²) < 4.78 is 1.32. The van der Waals surface area contributed by atoms with Crippen LogP contribution in [0.25, 0.3) is 0 Å². The summed E-state index contributed by atoms with van der Waals surface area (Å²) in [5.41, 5.74) is 0.790. The number of thioether (sulfide) groups is 1. The number of aromatic nitrogens is 1. The largest absolute Gasteiger partial charge is 0.502 e. The number of nitrogens with zero attached hydrogens (tertiary/aromatic N) is 2. The van der Waals surface area contributed by atoms with Gasteiger partial charge in [0.05, 0.1) is 11.6 Å². The Bertz CT molecular complexity index is 1000. The van der Waals surface area contributed by atoms with E-state index in [-0.39, 0.29) is 24.1 Å². The standard InChI is InChI=1S/C21H25N3O4S/c1-13(25)24-10-6-8-16(24)17-11-15(19(26)21(28)23(17)2)20(27)22-12-14-7-4-5-9-18(14)29-3/h4-5,7,9,11,16,26H,6,8,10,12H2,1-3H3,(H,22,27). The molecule has 154 valence electrons. The number of benzene rings is 1. The topological polar surface area (TPSA) is 91.6 Å². The minimum atomic E-state index is -0.646. The summed E-state index contributed by atoms with van der Waals surface area (Å²) in [6.45, 7) is 2.39. The quantitative estimate of drug-likeness (QED) is 0.732. The third-order valence-electron chi connectivity index (χ3n) is 5.32. The Morgan fingerprint density at radius 1 is 1.31 bits per heavy atom. The maximum atomic E-state index is 12.8. The van der Waals surface area contributed by atoms with Gasteiger partial charge < -0.3 is 19.9 Å². The number of carbonyl (C=O) groups excluding carboxylic acids is 2. The first-order valence-corrected chi connectivity index (χ1v) is 10.7. The van der Waals surface area contributed by atoms with E-state index in [0.29, 0.717) is 18.7 Å². The molecule has 1 saturated heterocycles. The second-order valence-corrected chi connectivity index (χ2v) is 7.91. The summed E-state index contributed by atoms with van der Waals surface area (Å²) in [5, 5.41) is 13.1. The smallest absolute Gasteiger partial charge is 0.293 e. The van der Waals surface area contributed by atoms with Gasteiger partial charge in [0.1, 0.15) is 0 Å². The van der Waals surface area contributed by atoms with E-state index in [1.807, 2.05) is 30.5 Å². The lowest BCUT2D eigenvalue weighted by molar-refractivity contribution is -0.129. The highest BCUT2D eigenvalue weighted by molar-refractivity contribution is 7.98. The van der Waals surface area contributed by atoms with Crippen molar-refractivity contribution in [3.63, 3.8) is 0 Å². The number of pyridine rings is 1. The molecule has 8 heteroatoms. The molecule has 1 aromatic carbocycles. The second kappa shape index (κ2) is 8.73. The molecule has 7 nitrogen and oxygen atoms in total. The molecule has 1 aromatic heterocycles. The lowest BCUT2D eigenvalue weighted by Gasteiger charge is -2.26. The zero-order valence-corrected chi connectivity index (χ0v) is 17.6. The molecule has 1 unspecified atom stereocenters.